The number of aromatic nitrogens is 1. The van der Waals surface area contributed by atoms with Gasteiger partial charge in [-0.25, -0.2) is 0 Å². The molecule has 0 bridgehead atoms. The van der Waals surface area contributed by atoms with Gasteiger partial charge in [0.25, 0.3) is 0 Å². The zero-order valence-electron chi connectivity index (χ0n) is 16.0. The third kappa shape index (κ3) is 4.24. The average Bonchev–Trinajstić information content (AvgIpc) is 3.48. The molecule has 0 saturated heterocycles. The van der Waals surface area contributed by atoms with Crippen molar-refractivity contribution >= 4 is 16.8 Å². The Morgan fingerprint density at radius 3 is 2.63 bits per heavy atom. The molecule has 1 aromatic heterocycles. The second-order valence-corrected chi connectivity index (χ2v) is 7.80. The van der Waals surface area contributed by atoms with Crippen molar-refractivity contribution in [3.63, 3.8) is 0 Å². The number of nitrogens with one attached hydrogen (secondary N) is 1. The Morgan fingerprint density at radius 1 is 1.11 bits per heavy atom. The molecule has 1 heterocycles. The third-order valence-corrected chi connectivity index (χ3v) is 5.82. The van der Waals surface area contributed by atoms with E-state index in [1.54, 1.807) is 0 Å². The van der Waals surface area contributed by atoms with Crippen LogP contribution in [-0.4, -0.2) is 21.8 Å². The van der Waals surface area contributed by atoms with E-state index in [-0.39, 0.29) is 5.91 Å². The number of aryl methyl sites for hydroxylation is 1. The summed E-state index contributed by atoms with van der Waals surface area (Å²) in [4.78, 5) is 18.5. The van der Waals surface area contributed by atoms with Crippen molar-refractivity contribution in [3.05, 3.63) is 71.9 Å². The molecule has 4 rings (SSSR count). The van der Waals surface area contributed by atoms with Crippen LogP contribution >= 0.6 is 0 Å². The summed E-state index contributed by atoms with van der Waals surface area (Å²) < 4.78 is 0. The lowest BCUT2D eigenvalue weighted by molar-refractivity contribution is -0.134. The maximum absolute atomic E-state index is 13.0. The lowest BCUT2D eigenvalue weighted by atomic mass is 10.1. The molecular formula is C24H28N2O. The maximum atomic E-state index is 13.0. The zero-order valence-corrected chi connectivity index (χ0v) is 16.0. The van der Waals surface area contributed by atoms with Gasteiger partial charge in [-0.1, -0.05) is 48.5 Å². The summed E-state index contributed by atoms with van der Waals surface area (Å²) in [5.41, 5.74) is 3.70. The number of aromatic amines is 1. The number of benzene rings is 2. The van der Waals surface area contributed by atoms with Crippen molar-refractivity contribution in [3.8, 4) is 0 Å². The Balaban J connectivity index is 1.39. The van der Waals surface area contributed by atoms with E-state index < -0.39 is 0 Å². The summed E-state index contributed by atoms with van der Waals surface area (Å²) in [5.74, 6) is 0.976. The molecule has 1 atom stereocenters. The highest BCUT2D eigenvalue weighted by molar-refractivity contribution is 5.83. The molecule has 3 heteroatoms. The van der Waals surface area contributed by atoms with E-state index in [2.05, 4.69) is 65.5 Å². The van der Waals surface area contributed by atoms with Crippen molar-refractivity contribution in [2.75, 3.05) is 0 Å². The number of rotatable bonds is 8. The van der Waals surface area contributed by atoms with Crippen LogP contribution in [-0.2, 0) is 17.8 Å². The van der Waals surface area contributed by atoms with Gasteiger partial charge in [0.15, 0.2) is 0 Å². The van der Waals surface area contributed by atoms with Crippen LogP contribution in [0.3, 0.4) is 0 Å². The number of hydrogen-bond donors (Lipinski definition) is 1. The van der Waals surface area contributed by atoms with Gasteiger partial charge in [0, 0.05) is 36.1 Å². The number of hydrogen-bond acceptors (Lipinski definition) is 1. The van der Waals surface area contributed by atoms with Gasteiger partial charge in [-0.2, -0.15) is 0 Å². The topological polar surface area (TPSA) is 36.1 Å². The van der Waals surface area contributed by atoms with E-state index >= 15 is 0 Å². The van der Waals surface area contributed by atoms with Crippen LogP contribution < -0.4 is 0 Å². The Bertz CT molecular complexity index is 895. The van der Waals surface area contributed by atoms with Crippen LogP contribution in [0.15, 0.2) is 60.8 Å². The minimum Gasteiger partial charge on any atom is -0.361 e. The van der Waals surface area contributed by atoms with Crippen molar-refractivity contribution in [2.24, 2.45) is 5.92 Å². The minimum absolute atomic E-state index is 0.290. The zero-order chi connectivity index (χ0) is 18.6. The first-order valence-corrected chi connectivity index (χ1v) is 10.1. The second kappa shape index (κ2) is 7.99. The minimum atomic E-state index is 0.290. The fraction of sp³-hybridized carbons (Fsp3) is 0.375. The Hall–Kier alpha value is -2.55. The Morgan fingerprint density at radius 2 is 1.85 bits per heavy atom. The second-order valence-electron chi connectivity index (χ2n) is 7.80. The van der Waals surface area contributed by atoms with Gasteiger partial charge in [0.2, 0.25) is 5.91 Å². The summed E-state index contributed by atoms with van der Waals surface area (Å²) in [6.07, 6.45) is 7.05. The molecule has 0 aliphatic heterocycles. The smallest absolute Gasteiger partial charge is 0.223 e. The van der Waals surface area contributed by atoms with Crippen molar-refractivity contribution < 1.29 is 4.79 Å². The molecule has 0 spiro atoms. The fourth-order valence-electron chi connectivity index (χ4n) is 3.98. The van der Waals surface area contributed by atoms with Gasteiger partial charge in [-0.15, -0.1) is 0 Å². The van der Waals surface area contributed by atoms with Crippen LogP contribution in [0, 0.1) is 5.92 Å². The normalized spacial score (nSPS) is 15.0. The van der Waals surface area contributed by atoms with E-state index in [0.29, 0.717) is 18.4 Å². The number of para-hydroxylation sites is 1. The first-order valence-electron chi connectivity index (χ1n) is 10.1. The SMILES string of the molecule is CC(C1CC1)N(Cc1ccccc1)C(=O)CCCc1c[nH]c2ccccc12. The number of carbonyl (C=O) groups excluding carboxylic acids is 1. The molecule has 1 aliphatic carbocycles. The molecule has 0 radical (unpaired) electrons. The van der Waals surface area contributed by atoms with E-state index in [1.165, 1.54) is 34.9 Å². The highest BCUT2D eigenvalue weighted by atomic mass is 16.2. The molecule has 1 amide bonds. The van der Waals surface area contributed by atoms with Crippen molar-refractivity contribution in [1.82, 2.24) is 9.88 Å². The molecule has 2 aromatic carbocycles. The highest BCUT2D eigenvalue weighted by Gasteiger charge is 2.34. The average molecular weight is 361 g/mol. The summed E-state index contributed by atoms with van der Waals surface area (Å²) >= 11 is 0. The largest absolute Gasteiger partial charge is 0.361 e. The number of nitrogens with zero attached hydrogens (tertiary/aromatic N) is 1. The standard InChI is InChI=1S/C24H28N2O/c1-18(20-14-15-20)26(17-19-8-3-2-4-9-19)24(27)13-7-10-21-16-25-23-12-6-5-11-22(21)23/h2-6,8-9,11-12,16,18,20,25H,7,10,13-15,17H2,1H3. The van der Waals surface area contributed by atoms with Crippen LogP contribution in [0.2, 0.25) is 0 Å². The molecule has 1 saturated carbocycles. The number of H-pyrrole nitrogens is 1. The van der Waals surface area contributed by atoms with Gasteiger partial charge >= 0.3 is 0 Å². The number of carbonyl (C=O) groups is 1. The van der Waals surface area contributed by atoms with Crippen molar-refractivity contribution in [2.45, 2.75) is 51.6 Å². The van der Waals surface area contributed by atoms with Crippen LogP contribution in [0.1, 0.15) is 43.7 Å². The quantitative estimate of drug-likeness (QED) is 0.580. The lowest BCUT2D eigenvalue weighted by Gasteiger charge is -2.30. The van der Waals surface area contributed by atoms with Crippen molar-refractivity contribution in [1.29, 1.82) is 0 Å². The van der Waals surface area contributed by atoms with E-state index in [0.717, 1.165) is 19.4 Å². The lowest BCUT2D eigenvalue weighted by Crippen LogP contribution is -2.39. The van der Waals surface area contributed by atoms with Gasteiger partial charge in [0.1, 0.15) is 0 Å². The molecule has 140 valence electrons. The van der Waals surface area contributed by atoms with Gasteiger partial charge < -0.3 is 9.88 Å². The first-order chi connectivity index (χ1) is 13.2. The molecule has 3 aromatic rings. The van der Waals surface area contributed by atoms with E-state index in [9.17, 15) is 4.79 Å². The predicted octanol–water partition coefficient (Wildman–Crippen LogP) is 5.32. The molecule has 1 N–H and O–H groups in total. The first kappa shape index (κ1) is 17.8. The maximum Gasteiger partial charge on any atom is 0.223 e. The summed E-state index contributed by atoms with van der Waals surface area (Å²) in [6.45, 7) is 2.95. The number of fused-ring (bicyclic) bond motifs is 1. The van der Waals surface area contributed by atoms with Crippen LogP contribution in [0.5, 0.6) is 0 Å². The van der Waals surface area contributed by atoms with Gasteiger partial charge in [0.05, 0.1) is 0 Å². The molecule has 27 heavy (non-hydrogen) atoms. The van der Waals surface area contributed by atoms with Gasteiger partial charge in [-0.3, -0.25) is 4.79 Å². The molecule has 3 nitrogen and oxygen atoms in total. The van der Waals surface area contributed by atoms with Crippen LogP contribution in [0.4, 0.5) is 0 Å². The third-order valence-electron chi connectivity index (χ3n) is 5.82. The summed E-state index contributed by atoms with van der Waals surface area (Å²) in [6, 6.07) is 19.1. The van der Waals surface area contributed by atoms with E-state index in [1.807, 2.05) is 12.1 Å². The van der Waals surface area contributed by atoms with Gasteiger partial charge in [-0.05, 0) is 55.7 Å². The fourth-order valence-corrected chi connectivity index (χ4v) is 3.98. The van der Waals surface area contributed by atoms with Crippen LogP contribution in [0.25, 0.3) is 10.9 Å². The molecule has 1 aliphatic rings. The molecule has 1 fully saturated rings. The van der Waals surface area contributed by atoms with E-state index in [4.69, 9.17) is 0 Å². The Kier molecular flexibility index (Phi) is 5.28. The molecule has 1 unspecified atom stereocenters. The molecular weight excluding hydrogens is 332 g/mol. The predicted molar refractivity (Wildman–Crippen MR) is 110 cm³/mol. The Labute approximate surface area is 161 Å². The summed E-state index contributed by atoms with van der Waals surface area (Å²) in [7, 11) is 0. The number of amides is 1. The summed E-state index contributed by atoms with van der Waals surface area (Å²) in [5, 5.41) is 1.28. The monoisotopic (exact) mass is 360 g/mol. The highest BCUT2D eigenvalue weighted by Crippen LogP contribution is 2.36.